The molecule has 1 aromatic carbocycles. The van der Waals surface area contributed by atoms with Crippen LogP contribution in [0.1, 0.15) is 16.8 Å². The van der Waals surface area contributed by atoms with Crippen LogP contribution in [0.25, 0.3) is 12.2 Å². The van der Waals surface area contributed by atoms with Crippen molar-refractivity contribution in [3.63, 3.8) is 0 Å². The summed E-state index contributed by atoms with van der Waals surface area (Å²) in [6.07, 6.45) is 5.67. The van der Waals surface area contributed by atoms with E-state index >= 15 is 0 Å². The Hall–Kier alpha value is -2.36. The van der Waals surface area contributed by atoms with E-state index in [2.05, 4.69) is 9.97 Å². The number of nitrogens with two attached hydrogens (primary N) is 1. The summed E-state index contributed by atoms with van der Waals surface area (Å²) in [6.45, 7) is 1.91. The van der Waals surface area contributed by atoms with Crippen LogP contribution in [0.3, 0.4) is 0 Å². The first-order chi connectivity index (χ1) is 8.69. The van der Waals surface area contributed by atoms with Crippen molar-refractivity contribution in [1.82, 2.24) is 9.97 Å². The molecule has 0 unspecified atom stereocenters. The van der Waals surface area contributed by atoms with Crippen molar-refractivity contribution in [2.75, 3.05) is 12.8 Å². The maximum absolute atomic E-state index is 5.51. The monoisotopic (exact) mass is 241 g/mol. The van der Waals surface area contributed by atoms with Gasteiger partial charge >= 0.3 is 0 Å². The topological polar surface area (TPSA) is 61.0 Å². The highest BCUT2D eigenvalue weighted by Crippen LogP contribution is 2.16. The van der Waals surface area contributed by atoms with Gasteiger partial charge in [0.25, 0.3) is 0 Å². The highest BCUT2D eigenvalue weighted by atomic mass is 16.5. The van der Waals surface area contributed by atoms with Crippen LogP contribution < -0.4 is 10.5 Å². The molecule has 0 amide bonds. The van der Waals surface area contributed by atoms with E-state index in [9.17, 15) is 0 Å². The van der Waals surface area contributed by atoms with E-state index in [0.29, 0.717) is 5.95 Å². The summed E-state index contributed by atoms with van der Waals surface area (Å²) in [5.74, 6) is 1.13. The Labute approximate surface area is 106 Å². The van der Waals surface area contributed by atoms with Crippen LogP contribution in [-0.2, 0) is 0 Å². The van der Waals surface area contributed by atoms with E-state index in [0.717, 1.165) is 22.6 Å². The van der Waals surface area contributed by atoms with Crippen LogP contribution in [0.4, 0.5) is 5.95 Å². The lowest BCUT2D eigenvalue weighted by Gasteiger charge is -2.01. The molecule has 0 radical (unpaired) electrons. The minimum atomic E-state index is 0.297. The average molecular weight is 241 g/mol. The Morgan fingerprint density at radius 1 is 1.28 bits per heavy atom. The normalized spacial score (nSPS) is 10.8. The molecule has 0 aliphatic heterocycles. The number of anilines is 1. The highest BCUT2D eigenvalue weighted by Gasteiger charge is 1.97. The molecular formula is C14H15N3O. The van der Waals surface area contributed by atoms with Crippen molar-refractivity contribution in [3.05, 3.63) is 47.3 Å². The minimum Gasteiger partial charge on any atom is -0.497 e. The first-order valence-electron chi connectivity index (χ1n) is 5.60. The Morgan fingerprint density at radius 2 is 2.11 bits per heavy atom. The van der Waals surface area contributed by atoms with Crippen LogP contribution in [0, 0.1) is 6.92 Å². The zero-order valence-electron chi connectivity index (χ0n) is 10.4. The molecule has 4 nitrogen and oxygen atoms in total. The molecule has 0 bridgehead atoms. The van der Waals surface area contributed by atoms with Gasteiger partial charge in [-0.15, -0.1) is 0 Å². The third kappa shape index (κ3) is 2.85. The van der Waals surface area contributed by atoms with E-state index < -0.39 is 0 Å². The smallest absolute Gasteiger partial charge is 0.220 e. The number of methoxy groups -OCH3 is 1. The van der Waals surface area contributed by atoms with Crippen molar-refractivity contribution in [2.24, 2.45) is 0 Å². The summed E-state index contributed by atoms with van der Waals surface area (Å²) in [4.78, 5) is 8.09. The zero-order chi connectivity index (χ0) is 13.0. The predicted molar refractivity (Wildman–Crippen MR) is 73.1 cm³/mol. The van der Waals surface area contributed by atoms with Crippen LogP contribution >= 0.6 is 0 Å². The van der Waals surface area contributed by atoms with Crippen LogP contribution in [0.2, 0.25) is 0 Å². The Bertz CT molecular complexity index is 579. The molecule has 0 aliphatic carbocycles. The highest BCUT2D eigenvalue weighted by molar-refractivity contribution is 5.70. The molecule has 2 N–H and O–H groups in total. The zero-order valence-corrected chi connectivity index (χ0v) is 10.4. The first kappa shape index (κ1) is 12.1. The lowest BCUT2D eigenvalue weighted by Crippen LogP contribution is -1.97. The van der Waals surface area contributed by atoms with E-state index in [1.807, 2.05) is 43.3 Å². The lowest BCUT2D eigenvalue weighted by atomic mass is 10.1. The number of ether oxygens (including phenoxy) is 1. The fourth-order valence-electron chi connectivity index (χ4n) is 1.59. The fourth-order valence-corrected chi connectivity index (χ4v) is 1.59. The number of benzene rings is 1. The van der Waals surface area contributed by atoms with Gasteiger partial charge in [0, 0.05) is 11.8 Å². The first-order valence-corrected chi connectivity index (χ1v) is 5.60. The van der Waals surface area contributed by atoms with Gasteiger partial charge in [0.15, 0.2) is 0 Å². The number of nitrogen functional groups attached to an aromatic ring is 1. The number of hydrogen-bond acceptors (Lipinski definition) is 4. The van der Waals surface area contributed by atoms with Gasteiger partial charge in [0.05, 0.1) is 12.8 Å². The predicted octanol–water partition coefficient (Wildman–Crippen LogP) is 2.55. The van der Waals surface area contributed by atoms with E-state index in [-0.39, 0.29) is 0 Å². The average Bonchev–Trinajstić information content (AvgIpc) is 2.38. The van der Waals surface area contributed by atoms with Crippen LogP contribution in [0.15, 0.2) is 30.5 Å². The van der Waals surface area contributed by atoms with Gasteiger partial charge in [-0.25, -0.2) is 9.97 Å². The van der Waals surface area contributed by atoms with Crippen molar-refractivity contribution in [3.8, 4) is 5.75 Å². The second-order valence-electron chi connectivity index (χ2n) is 3.88. The second-order valence-corrected chi connectivity index (χ2v) is 3.88. The molecule has 0 saturated carbocycles. The molecule has 0 fully saturated rings. The number of aromatic nitrogens is 2. The molecule has 0 aliphatic rings. The number of hydrogen-bond donors (Lipinski definition) is 1. The lowest BCUT2D eigenvalue weighted by molar-refractivity contribution is 0.414. The molecule has 18 heavy (non-hydrogen) atoms. The largest absolute Gasteiger partial charge is 0.497 e. The summed E-state index contributed by atoms with van der Waals surface area (Å²) in [7, 11) is 1.65. The van der Waals surface area contributed by atoms with Gasteiger partial charge in [0.2, 0.25) is 5.95 Å². The van der Waals surface area contributed by atoms with Gasteiger partial charge in [-0.3, -0.25) is 0 Å². The van der Waals surface area contributed by atoms with Gasteiger partial charge in [-0.05, 0) is 24.6 Å². The molecule has 2 aromatic rings. The molecule has 2 rings (SSSR count). The van der Waals surface area contributed by atoms with Gasteiger partial charge in [-0.1, -0.05) is 24.3 Å². The van der Waals surface area contributed by atoms with Crippen molar-refractivity contribution >= 4 is 18.1 Å². The molecule has 0 spiro atoms. The minimum absolute atomic E-state index is 0.297. The molecular weight excluding hydrogens is 226 g/mol. The van der Waals surface area contributed by atoms with Gasteiger partial charge in [0.1, 0.15) is 5.75 Å². The van der Waals surface area contributed by atoms with Crippen LogP contribution in [-0.4, -0.2) is 17.1 Å². The van der Waals surface area contributed by atoms with E-state index in [4.69, 9.17) is 10.5 Å². The fraction of sp³-hybridized carbons (Fsp3) is 0.143. The molecule has 1 heterocycles. The Kier molecular flexibility index (Phi) is 3.57. The molecule has 1 aromatic heterocycles. The number of rotatable bonds is 3. The SMILES string of the molecule is COc1cccc(C=Cc2cnc(N)nc2C)c1. The van der Waals surface area contributed by atoms with Gasteiger partial charge < -0.3 is 10.5 Å². The Morgan fingerprint density at radius 3 is 2.83 bits per heavy atom. The van der Waals surface area contributed by atoms with Crippen LogP contribution in [0.5, 0.6) is 5.75 Å². The number of nitrogens with zero attached hydrogens (tertiary/aromatic N) is 2. The number of aryl methyl sites for hydroxylation is 1. The molecule has 4 heteroatoms. The summed E-state index contributed by atoms with van der Waals surface area (Å²) in [5.41, 5.74) is 8.38. The standard InChI is InChI=1S/C14H15N3O/c1-10-12(9-16-14(15)17-10)7-6-11-4-3-5-13(8-11)18-2/h3-9H,1-2H3,(H2,15,16,17). The third-order valence-electron chi connectivity index (χ3n) is 2.59. The van der Waals surface area contributed by atoms with E-state index in [1.54, 1.807) is 13.3 Å². The summed E-state index contributed by atoms with van der Waals surface area (Å²) < 4.78 is 5.17. The van der Waals surface area contributed by atoms with Crippen molar-refractivity contribution in [1.29, 1.82) is 0 Å². The van der Waals surface area contributed by atoms with Crippen molar-refractivity contribution < 1.29 is 4.74 Å². The maximum atomic E-state index is 5.51. The molecule has 0 saturated heterocycles. The molecule has 92 valence electrons. The molecule has 0 atom stereocenters. The summed E-state index contributed by atoms with van der Waals surface area (Å²) in [5, 5.41) is 0. The summed E-state index contributed by atoms with van der Waals surface area (Å²) >= 11 is 0. The van der Waals surface area contributed by atoms with Crippen molar-refractivity contribution in [2.45, 2.75) is 6.92 Å². The summed E-state index contributed by atoms with van der Waals surface area (Å²) in [6, 6.07) is 7.83. The third-order valence-corrected chi connectivity index (χ3v) is 2.59. The quantitative estimate of drug-likeness (QED) is 0.897. The second kappa shape index (κ2) is 5.31. The maximum Gasteiger partial charge on any atom is 0.220 e. The van der Waals surface area contributed by atoms with E-state index in [1.165, 1.54) is 0 Å². The van der Waals surface area contributed by atoms with Gasteiger partial charge in [-0.2, -0.15) is 0 Å². The Balaban J connectivity index is 2.24.